The lowest BCUT2D eigenvalue weighted by atomic mass is 10.0. The summed E-state index contributed by atoms with van der Waals surface area (Å²) in [6, 6.07) is 4.51. The molecule has 2 atom stereocenters. The second-order valence-corrected chi connectivity index (χ2v) is 9.11. The van der Waals surface area contributed by atoms with Crippen LogP contribution >= 0.6 is 0 Å². The summed E-state index contributed by atoms with van der Waals surface area (Å²) < 4.78 is 108. The van der Waals surface area contributed by atoms with Crippen LogP contribution in [0, 0.1) is 5.82 Å². The number of pyridine rings is 1. The highest BCUT2D eigenvalue weighted by Gasteiger charge is 2.38. The number of benzene rings is 1. The van der Waals surface area contributed by atoms with Gasteiger partial charge in [0, 0.05) is 11.4 Å². The molecular formula is C18H17F7N2O2S. The van der Waals surface area contributed by atoms with Crippen molar-refractivity contribution in [3.05, 3.63) is 59.2 Å². The van der Waals surface area contributed by atoms with Gasteiger partial charge in [-0.05, 0) is 50.6 Å². The smallest absolute Gasteiger partial charge is 0.573 e. The number of nitrogens with one attached hydrogen (secondary N) is 1. The number of nitrogens with zero attached hydrogens (tertiary/aromatic N) is 1. The second kappa shape index (κ2) is 8.60. The number of aromatic nitrogens is 1. The van der Waals surface area contributed by atoms with Crippen LogP contribution in [0.3, 0.4) is 0 Å². The maximum absolute atomic E-state index is 13.6. The Bertz CT molecular complexity index is 865. The first-order valence-electron chi connectivity index (χ1n) is 8.35. The molecule has 1 heterocycles. The Morgan fingerprint density at radius 1 is 0.967 bits per heavy atom. The molecule has 166 valence electrons. The van der Waals surface area contributed by atoms with Gasteiger partial charge in [0.2, 0.25) is 0 Å². The van der Waals surface area contributed by atoms with E-state index in [0.29, 0.717) is 6.07 Å². The maximum Gasteiger partial charge on any atom is 0.573 e. The molecule has 2 aromatic rings. The molecule has 12 heteroatoms. The van der Waals surface area contributed by atoms with Crippen LogP contribution in [-0.2, 0) is 17.5 Å². The molecule has 1 aromatic carbocycles. The molecular weight excluding hydrogens is 441 g/mol. The first-order chi connectivity index (χ1) is 13.6. The molecule has 1 unspecified atom stereocenters. The molecule has 0 radical (unpaired) electrons. The molecule has 30 heavy (non-hydrogen) atoms. The molecule has 0 aliphatic heterocycles. The zero-order valence-electron chi connectivity index (χ0n) is 15.9. The monoisotopic (exact) mass is 458 g/mol. The van der Waals surface area contributed by atoms with E-state index in [-0.39, 0.29) is 11.3 Å². The van der Waals surface area contributed by atoms with E-state index in [9.17, 15) is 35.3 Å². The Balaban J connectivity index is 2.49. The highest BCUT2D eigenvalue weighted by atomic mass is 32.2. The molecule has 0 bridgehead atoms. The lowest BCUT2D eigenvalue weighted by Crippen LogP contribution is -2.42. The van der Waals surface area contributed by atoms with Crippen LogP contribution in [-0.4, -0.2) is 20.6 Å². The molecule has 0 aliphatic rings. The van der Waals surface area contributed by atoms with Crippen molar-refractivity contribution in [1.82, 2.24) is 9.71 Å². The summed E-state index contributed by atoms with van der Waals surface area (Å²) in [6.45, 7) is 4.81. The minimum absolute atomic E-state index is 0.148. The van der Waals surface area contributed by atoms with Gasteiger partial charge in [0.15, 0.2) is 11.5 Å². The van der Waals surface area contributed by atoms with Crippen LogP contribution in [0.4, 0.5) is 30.7 Å². The first-order valence-corrected chi connectivity index (χ1v) is 9.50. The van der Waals surface area contributed by atoms with Crippen LogP contribution in [0.25, 0.3) is 0 Å². The Morgan fingerprint density at radius 2 is 1.53 bits per heavy atom. The molecule has 1 N–H and O–H groups in total. The van der Waals surface area contributed by atoms with E-state index in [2.05, 4.69) is 14.4 Å². The van der Waals surface area contributed by atoms with E-state index in [4.69, 9.17) is 0 Å². The van der Waals surface area contributed by atoms with Gasteiger partial charge >= 0.3 is 12.5 Å². The van der Waals surface area contributed by atoms with E-state index in [1.807, 2.05) is 0 Å². The standard InChI is InChI=1S/C18H17F7N2O2S/c1-16(2,3)30(28)27-14(10-4-6-11(7-5-10)29-18(23,24)25)13-9-8-12(19)15(26-13)17(20,21)22/h4-9,14,27H,1-3H3/t14-,30?/m1/s1. The lowest BCUT2D eigenvalue weighted by Gasteiger charge is -2.28. The van der Waals surface area contributed by atoms with Gasteiger partial charge in [-0.1, -0.05) is 12.1 Å². The average molecular weight is 458 g/mol. The zero-order valence-corrected chi connectivity index (χ0v) is 16.7. The summed E-state index contributed by atoms with van der Waals surface area (Å²) in [5.74, 6) is -2.14. The SMILES string of the molecule is CC(C)(C)[S+]([O-])N[C@H](c1ccc(OC(F)(F)F)cc1)c1ccc(F)c(C(F)(F)F)n1. The van der Waals surface area contributed by atoms with Crippen LogP contribution in [0.1, 0.15) is 43.8 Å². The van der Waals surface area contributed by atoms with Crippen LogP contribution in [0.2, 0.25) is 0 Å². The van der Waals surface area contributed by atoms with Gasteiger partial charge in [0.1, 0.15) is 16.5 Å². The van der Waals surface area contributed by atoms with E-state index in [1.165, 1.54) is 0 Å². The third-order valence-electron chi connectivity index (χ3n) is 3.66. The number of hydrogen-bond donors (Lipinski definition) is 1. The van der Waals surface area contributed by atoms with Gasteiger partial charge in [-0.3, -0.25) is 0 Å². The Morgan fingerprint density at radius 3 is 2.00 bits per heavy atom. The van der Waals surface area contributed by atoms with Crippen LogP contribution in [0.5, 0.6) is 5.75 Å². The van der Waals surface area contributed by atoms with Gasteiger partial charge in [-0.25, -0.2) is 9.37 Å². The van der Waals surface area contributed by atoms with Gasteiger partial charge in [0.25, 0.3) is 0 Å². The molecule has 2 rings (SSSR count). The van der Waals surface area contributed by atoms with Crippen molar-refractivity contribution >= 4 is 11.4 Å². The summed E-state index contributed by atoms with van der Waals surface area (Å²) >= 11 is -1.80. The Hall–Kier alpha value is -2.05. The fourth-order valence-corrected chi connectivity index (χ4v) is 3.09. The number of hydrogen-bond acceptors (Lipinski definition) is 4. The van der Waals surface area contributed by atoms with E-state index < -0.39 is 52.0 Å². The summed E-state index contributed by atoms with van der Waals surface area (Å²) in [5.41, 5.74) is -1.93. The summed E-state index contributed by atoms with van der Waals surface area (Å²) in [6.07, 6.45) is -9.99. The fraction of sp³-hybridized carbons (Fsp3) is 0.389. The highest BCUT2D eigenvalue weighted by molar-refractivity contribution is 7.90. The normalized spacial score (nSPS) is 15.0. The molecule has 0 saturated heterocycles. The first kappa shape index (κ1) is 24.2. The van der Waals surface area contributed by atoms with Gasteiger partial charge in [-0.15, -0.1) is 17.9 Å². The minimum Gasteiger partial charge on any atom is -0.598 e. The molecule has 4 nitrogen and oxygen atoms in total. The van der Waals surface area contributed by atoms with E-state index in [0.717, 1.165) is 30.3 Å². The lowest BCUT2D eigenvalue weighted by molar-refractivity contribution is -0.274. The van der Waals surface area contributed by atoms with E-state index in [1.54, 1.807) is 20.8 Å². The van der Waals surface area contributed by atoms with E-state index >= 15 is 0 Å². The van der Waals surface area contributed by atoms with Crippen molar-refractivity contribution in [1.29, 1.82) is 0 Å². The predicted molar refractivity (Wildman–Crippen MR) is 95.2 cm³/mol. The van der Waals surface area contributed by atoms with Crippen molar-refractivity contribution in [2.45, 2.75) is 44.1 Å². The van der Waals surface area contributed by atoms with Crippen molar-refractivity contribution in [3.8, 4) is 5.75 Å². The third-order valence-corrected chi connectivity index (χ3v) is 5.22. The topological polar surface area (TPSA) is 57.2 Å². The molecule has 0 spiro atoms. The summed E-state index contributed by atoms with van der Waals surface area (Å²) in [4.78, 5) is 3.33. The van der Waals surface area contributed by atoms with Gasteiger partial charge < -0.3 is 9.29 Å². The molecule has 0 amide bonds. The third kappa shape index (κ3) is 6.47. The van der Waals surface area contributed by atoms with Crippen molar-refractivity contribution < 1.29 is 40.0 Å². The predicted octanol–water partition coefficient (Wildman–Crippen LogP) is 5.28. The molecule has 0 aliphatic carbocycles. The van der Waals surface area contributed by atoms with Crippen molar-refractivity contribution in [2.75, 3.05) is 0 Å². The molecule has 0 saturated carbocycles. The number of rotatable bonds is 5. The summed E-state index contributed by atoms with van der Waals surface area (Å²) in [7, 11) is 0. The number of halogens is 7. The number of ether oxygens (including phenoxy) is 1. The quantitative estimate of drug-likeness (QED) is 0.489. The zero-order chi connectivity index (χ0) is 22.9. The summed E-state index contributed by atoms with van der Waals surface area (Å²) in [5, 5.41) is 0. The second-order valence-electron chi connectivity index (χ2n) is 7.11. The maximum atomic E-state index is 13.6. The molecule has 0 fully saturated rings. The number of alkyl halides is 6. The van der Waals surface area contributed by atoms with Crippen molar-refractivity contribution in [2.24, 2.45) is 0 Å². The van der Waals surface area contributed by atoms with Crippen LogP contribution < -0.4 is 9.46 Å². The Kier molecular flexibility index (Phi) is 6.94. The largest absolute Gasteiger partial charge is 0.598 e. The van der Waals surface area contributed by atoms with Gasteiger partial charge in [0.05, 0.1) is 5.69 Å². The minimum atomic E-state index is -5.07. The van der Waals surface area contributed by atoms with Crippen molar-refractivity contribution in [3.63, 3.8) is 0 Å². The van der Waals surface area contributed by atoms with Crippen LogP contribution in [0.15, 0.2) is 36.4 Å². The Labute approximate surface area is 170 Å². The van der Waals surface area contributed by atoms with Gasteiger partial charge in [-0.2, -0.15) is 13.2 Å². The molecule has 1 aromatic heterocycles. The highest BCUT2D eigenvalue weighted by Crippen LogP contribution is 2.33. The average Bonchev–Trinajstić information content (AvgIpc) is 2.58. The fourth-order valence-electron chi connectivity index (χ4n) is 2.26.